The molecule has 0 amide bonds. The Morgan fingerprint density at radius 2 is 1.75 bits per heavy atom. The van der Waals surface area contributed by atoms with Crippen molar-refractivity contribution < 1.29 is 28.2 Å². The SMILES string of the molecule is CC(C)(C)C(=O)OC[C@H]1O[C@@H](n2cnc3c(N)nc(N)nc32)[C@H](F)[C@@H]1OC(=O)C(C)(C)C. The molecule has 176 valence electrons. The Kier molecular flexibility index (Phi) is 6.02. The lowest BCUT2D eigenvalue weighted by Gasteiger charge is -2.25. The van der Waals surface area contributed by atoms with E-state index in [1.807, 2.05) is 0 Å². The number of ether oxygens (including phenoxy) is 3. The van der Waals surface area contributed by atoms with Crippen LogP contribution < -0.4 is 11.5 Å². The summed E-state index contributed by atoms with van der Waals surface area (Å²) in [5.74, 6) is -1.20. The van der Waals surface area contributed by atoms with Crippen LogP contribution in [-0.4, -0.2) is 56.4 Å². The van der Waals surface area contributed by atoms with E-state index in [1.165, 1.54) is 10.9 Å². The Labute approximate surface area is 184 Å². The Balaban J connectivity index is 1.92. The third-order valence-electron chi connectivity index (χ3n) is 4.85. The Hall–Kier alpha value is -3.02. The second-order valence-corrected chi connectivity index (χ2v) is 9.77. The molecule has 11 nitrogen and oxygen atoms in total. The van der Waals surface area contributed by atoms with Crippen molar-refractivity contribution in [3.63, 3.8) is 0 Å². The molecule has 0 aliphatic carbocycles. The van der Waals surface area contributed by atoms with Gasteiger partial charge in [-0.25, -0.2) is 9.37 Å². The Morgan fingerprint density at radius 3 is 2.34 bits per heavy atom. The number of nitrogens with two attached hydrogens (primary N) is 2. The van der Waals surface area contributed by atoms with Crippen molar-refractivity contribution in [2.75, 3.05) is 18.1 Å². The third-order valence-corrected chi connectivity index (χ3v) is 4.85. The lowest BCUT2D eigenvalue weighted by molar-refractivity contribution is -0.168. The summed E-state index contributed by atoms with van der Waals surface area (Å²) in [6.07, 6.45) is -4.17. The Bertz CT molecular complexity index is 1030. The van der Waals surface area contributed by atoms with Crippen molar-refractivity contribution in [3.05, 3.63) is 6.33 Å². The quantitative estimate of drug-likeness (QED) is 0.655. The third kappa shape index (κ3) is 4.59. The summed E-state index contributed by atoms with van der Waals surface area (Å²) < 4.78 is 33.5. The van der Waals surface area contributed by atoms with E-state index in [0.717, 1.165) is 0 Å². The van der Waals surface area contributed by atoms with E-state index in [9.17, 15) is 9.59 Å². The van der Waals surface area contributed by atoms with Gasteiger partial charge in [0, 0.05) is 0 Å². The number of imidazole rings is 1. The molecule has 3 rings (SSSR count). The summed E-state index contributed by atoms with van der Waals surface area (Å²) in [6, 6.07) is 0. The molecule has 1 aliphatic heterocycles. The number of halogens is 1. The highest BCUT2D eigenvalue weighted by Crippen LogP contribution is 2.37. The number of nitrogens with zero attached hydrogens (tertiary/aromatic N) is 4. The van der Waals surface area contributed by atoms with Crippen LogP contribution in [0, 0.1) is 10.8 Å². The van der Waals surface area contributed by atoms with E-state index in [2.05, 4.69) is 15.0 Å². The molecule has 2 aromatic rings. The molecule has 32 heavy (non-hydrogen) atoms. The van der Waals surface area contributed by atoms with Crippen LogP contribution in [0.4, 0.5) is 16.2 Å². The van der Waals surface area contributed by atoms with Gasteiger partial charge in [-0.1, -0.05) is 0 Å². The van der Waals surface area contributed by atoms with Gasteiger partial charge in [-0.2, -0.15) is 9.97 Å². The molecule has 1 saturated heterocycles. The van der Waals surface area contributed by atoms with Crippen LogP contribution in [0.25, 0.3) is 11.2 Å². The standard InChI is InChI=1S/C20H29FN6O5/c1-19(2,3)16(28)30-7-9-12(32-17(29)20(4,5)6)10(21)15(31-9)27-8-24-11-13(22)25-18(23)26-14(11)27/h8-10,12,15H,7H2,1-6H3,(H4,22,23,25,26)/t9-,10-,12-,15-/m1/s1. The number of hydrogen-bond donors (Lipinski definition) is 2. The molecular weight excluding hydrogens is 423 g/mol. The second-order valence-electron chi connectivity index (χ2n) is 9.77. The first-order valence-electron chi connectivity index (χ1n) is 10.1. The number of fused-ring (bicyclic) bond motifs is 1. The number of nitrogen functional groups attached to an aromatic ring is 2. The van der Waals surface area contributed by atoms with Crippen molar-refractivity contribution in [2.24, 2.45) is 10.8 Å². The van der Waals surface area contributed by atoms with Gasteiger partial charge in [-0.05, 0) is 41.5 Å². The molecule has 12 heteroatoms. The van der Waals surface area contributed by atoms with Crippen molar-refractivity contribution in [3.8, 4) is 0 Å². The van der Waals surface area contributed by atoms with Crippen LogP contribution in [0.1, 0.15) is 47.8 Å². The van der Waals surface area contributed by atoms with Crippen molar-refractivity contribution in [2.45, 2.75) is 66.1 Å². The van der Waals surface area contributed by atoms with Crippen LogP contribution in [-0.2, 0) is 23.8 Å². The predicted octanol–water partition coefficient (Wildman–Crippen LogP) is 1.77. The minimum absolute atomic E-state index is 0.0334. The van der Waals surface area contributed by atoms with E-state index < -0.39 is 47.4 Å². The zero-order valence-electron chi connectivity index (χ0n) is 19.0. The topological polar surface area (TPSA) is 157 Å². The largest absolute Gasteiger partial charge is 0.462 e. The van der Waals surface area contributed by atoms with Gasteiger partial charge in [0.2, 0.25) is 5.95 Å². The van der Waals surface area contributed by atoms with Crippen LogP contribution in [0.5, 0.6) is 0 Å². The monoisotopic (exact) mass is 452 g/mol. The van der Waals surface area contributed by atoms with Crippen molar-refractivity contribution in [1.82, 2.24) is 19.5 Å². The number of carbonyl (C=O) groups is 2. The van der Waals surface area contributed by atoms with Crippen LogP contribution in [0.15, 0.2) is 6.33 Å². The van der Waals surface area contributed by atoms with Gasteiger partial charge >= 0.3 is 11.9 Å². The summed E-state index contributed by atoms with van der Waals surface area (Å²) in [4.78, 5) is 36.7. The van der Waals surface area contributed by atoms with Gasteiger partial charge < -0.3 is 25.7 Å². The fraction of sp³-hybridized carbons (Fsp3) is 0.650. The maximum atomic E-state index is 15.6. The van der Waals surface area contributed by atoms with Crippen LogP contribution >= 0.6 is 0 Å². The second kappa shape index (κ2) is 8.15. The zero-order valence-corrected chi connectivity index (χ0v) is 19.0. The predicted molar refractivity (Wildman–Crippen MR) is 113 cm³/mol. The van der Waals surface area contributed by atoms with Crippen molar-refractivity contribution >= 4 is 34.9 Å². The lowest BCUT2D eigenvalue weighted by Crippen LogP contribution is -2.40. The summed E-state index contributed by atoms with van der Waals surface area (Å²) in [5.41, 5.74) is 10.2. The molecule has 0 bridgehead atoms. The first kappa shape index (κ1) is 23.6. The van der Waals surface area contributed by atoms with Crippen molar-refractivity contribution in [1.29, 1.82) is 0 Å². The van der Waals surface area contributed by atoms with Crippen LogP contribution in [0.2, 0.25) is 0 Å². The number of rotatable bonds is 4. The fourth-order valence-corrected chi connectivity index (χ4v) is 3.01. The molecule has 2 aromatic heterocycles. The molecule has 0 saturated carbocycles. The fourth-order valence-electron chi connectivity index (χ4n) is 3.01. The van der Waals surface area contributed by atoms with Gasteiger partial charge in [0.05, 0.1) is 17.2 Å². The van der Waals surface area contributed by atoms with E-state index in [-0.39, 0.29) is 29.5 Å². The molecule has 1 aliphatic rings. The summed E-state index contributed by atoms with van der Waals surface area (Å²) in [6.45, 7) is 9.71. The number of hydrogen-bond acceptors (Lipinski definition) is 10. The Morgan fingerprint density at radius 1 is 1.12 bits per heavy atom. The number of carbonyl (C=O) groups excluding carboxylic acids is 2. The molecule has 0 unspecified atom stereocenters. The highest BCUT2D eigenvalue weighted by molar-refractivity contribution is 5.82. The van der Waals surface area contributed by atoms with Crippen LogP contribution in [0.3, 0.4) is 0 Å². The maximum Gasteiger partial charge on any atom is 0.311 e. The first-order valence-corrected chi connectivity index (χ1v) is 10.1. The molecule has 1 fully saturated rings. The molecule has 0 aromatic carbocycles. The highest BCUT2D eigenvalue weighted by atomic mass is 19.1. The summed E-state index contributed by atoms with van der Waals surface area (Å²) in [7, 11) is 0. The van der Waals surface area contributed by atoms with E-state index in [4.69, 9.17) is 25.7 Å². The van der Waals surface area contributed by atoms with E-state index >= 15 is 4.39 Å². The highest BCUT2D eigenvalue weighted by Gasteiger charge is 2.50. The number of aromatic nitrogens is 4. The minimum Gasteiger partial charge on any atom is -0.462 e. The summed E-state index contributed by atoms with van der Waals surface area (Å²) in [5, 5.41) is 0. The zero-order chi connectivity index (χ0) is 24.0. The number of esters is 2. The first-order chi connectivity index (χ1) is 14.7. The molecule has 3 heterocycles. The number of anilines is 2. The summed E-state index contributed by atoms with van der Waals surface area (Å²) >= 11 is 0. The maximum absolute atomic E-state index is 15.6. The smallest absolute Gasteiger partial charge is 0.311 e. The molecule has 4 atom stereocenters. The molecular formula is C20H29FN6O5. The average molecular weight is 452 g/mol. The minimum atomic E-state index is -1.81. The molecule has 4 N–H and O–H groups in total. The molecule has 0 spiro atoms. The number of alkyl halides is 1. The van der Waals surface area contributed by atoms with Gasteiger partial charge in [-0.3, -0.25) is 14.2 Å². The molecule has 0 radical (unpaired) electrons. The van der Waals surface area contributed by atoms with Gasteiger partial charge in [-0.15, -0.1) is 0 Å². The van der Waals surface area contributed by atoms with Gasteiger partial charge in [0.1, 0.15) is 18.2 Å². The van der Waals surface area contributed by atoms with E-state index in [1.54, 1.807) is 41.5 Å². The lowest BCUT2D eigenvalue weighted by atomic mass is 9.97. The normalized spacial score (nSPS) is 24.0. The van der Waals surface area contributed by atoms with E-state index in [0.29, 0.717) is 0 Å². The average Bonchev–Trinajstić information content (AvgIpc) is 3.20. The van der Waals surface area contributed by atoms with Gasteiger partial charge in [0.15, 0.2) is 30.0 Å². The van der Waals surface area contributed by atoms with Gasteiger partial charge in [0.25, 0.3) is 0 Å².